The summed E-state index contributed by atoms with van der Waals surface area (Å²) in [5.74, 6) is -2.01. The van der Waals surface area contributed by atoms with E-state index in [-0.39, 0.29) is 23.8 Å². The zero-order valence-corrected chi connectivity index (χ0v) is 19.0. The number of hydrogen-bond donors (Lipinski definition) is 2. The second-order valence-corrected chi connectivity index (χ2v) is 9.90. The summed E-state index contributed by atoms with van der Waals surface area (Å²) in [6.07, 6.45) is 0.0251. The van der Waals surface area contributed by atoms with Gasteiger partial charge in [-0.1, -0.05) is 35.4 Å². The molecule has 1 fully saturated rings. The van der Waals surface area contributed by atoms with Crippen LogP contribution in [0, 0.1) is 19.8 Å². The quantitative estimate of drug-likeness (QED) is 0.630. The third-order valence-electron chi connectivity index (χ3n) is 5.26. The van der Waals surface area contributed by atoms with Crippen LogP contribution in [0.2, 0.25) is 0 Å². The van der Waals surface area contributed by atoms with Crippen LogP contribution in [0.3, 0.4) is 0 Å². The maximum atomic E-state index is 12.6. The molecule has 170 valence electrons. The second kappa shape index (κ2) is 9.49. The summed E-state index contributed by atoms with van der Waals surface area (Å²) < 4.78 is 26.0. The fourth-order valence-electron chi connectivity index (χ4n) is 3.31. The molecule has 0 bridgehead atoms. The summed E-state index contributed by atoms with van der Waals surface area (Å²) in [5, 5.41) is 0. The summed E-state index contributed by atoms with van der Waals surface area (Å²) in [5.41, 5.74) is 7.20. The van der Waals surface area contributed by atoms with Crippen molar-refractivity contribution in [1.29, 1.82) is 0 Å². The highest BCUT2D eigenvalue weighted by Gasteiger charge is 2.35. The lowest BCUT2D eigenvalue weighted by atomic mass is 10.1. The van der Waals surface area contributed by atoms with E-state index in [9.17, 15) is 22.8 Å². The maximum absolute atomic E-state index is 12.6. The third-order valence-corrected chi connectivity index (χ3v) is 7.08. The van der Waals surface area contributed by atoms with Crippen molar-refractivity contribution in [2.75, 3.05) is 25.0 Å². The average Bonchev–Trinajstić information content (AvgIpc) is 3.14. The number of benzene rings is 2. The first-order chi connectivity index (χ1) is 15.1. The predicted molar refractivity (Wildman–Crippen MR) is 119 cm³/mol. The number of carbonyl (C=O) groups is 3. The van der Waals surface area contributed by atoms with Gasteiger partial charge in [-0.15, -0.1) is 0 Å². The molecule has 0 radical (unpaired) electrons. The van der Waals surface area contributed by atoms with Gasteiger partial charge in [-0.25, -0.2) is 8.42 Å². The number of anilines is 1. The summed E-state index contributed by atoms with van der Waals surface area (Å²) >= 11 is 0. The Morgan fingerprint density at radius 1 is 1.00 bits per heavy atom. The molecule has 32 heavy (non-hydrogen) atoms. The number of aryl methyl sites for hydroxylation is 2. The van der Waals surface area contributed by atoms with Crippen LogP contribution in [0.25, 0.3) is 0 Å². The third kappa shape index (κ3) is 5.32. The molecule has 1 saturated heterocycles. The van der Waals surface area contributed by atoms with Crippen molar-refractivity contribution < 1.29 is 22.8 Å². The first-order valence-corrected chi connectivity index (χ1v) is 11.5. The summed E-state index contributed by atoms with van der Waals surface area (Å²) in [6.45, 7) is 3.51. The number of rotatable bonds is 6. The Bertz CT molecular complexity index is 1110. The topological polar surface area (TPSA) is 116 Å². The minimum atomic E-state index is -3.84. The van der Waals surface area contributed by atoms with E-state index < -0.39 is 34.3 Å². The van der Waals surface area contributed by atoms with Gasteiger partial charge in [-0.05, 0) is 38.1 Å². The summed E-state index contributed by atoms with van der Waals surface area (Å²) in [7, 11) is -2.56. The molecule has 0 unspecified atom stereocenters. The van der Waals surface area contributed by atoms with E-state index >= 15 is 0 Å². The molecular formula is C22H26N4O5S. The van der Waals surface area contributed by atoms with Gasteiger partial charge in [0.1, 0.15) is 0 Å². The number of amides is 3. The van der Waals surface area contributed by atoms with Gasteiger partial charge in [0.2, 0.25) is 21.8 Å². The highest BCUT2D eigenvalue weighted by Crippen LogP contribution is 2.25. The van der Waals surface area contributed by atoms with Crippen LogP contribution in [0.15, 0.2) is 53.4 Å². The van der Waals surface area contributed by atoms with Crippen molar-refractivity contribution in [3.05, 3.63) is 59.7 Å². The predicted octanol–water partition coefficient (Wildman–Crippen LogP) is 1.12. The maximum Gasteiger partial charge on any atom is 0.253 e. The molecule has 2 aromatic carbocycles. The lowest BCUT2D eigenvalue weighted by molar-refractivity contribution is -0.131. The SMILES string of the molecule is Cc1ccc(N2C[C@@H](C(=O)NNC(=O)CN(C)S(=O)(=O)c3ccc(C)cc3)CC2=O)cc1. The lowest BCUT2D eigenvalue weighted by Gasteiger charge is -2.18. The van der Waals surface area contributed by atoms with Crippen LogP contribution >= 0.6 is 0 Å². The molecule has 1 atom stereocenters. The number of carbonyl (C=O) groups excluding carboxylic acids is 3. The Kier molecular flexibility index (Phi) is 6.95. The van der Waals surface area contributed by atoms with Gasteiger partial charge < -0.3 is 4.90 Å². The van der Waals surface area contributed by atoms with E-state index in [2.05, 4.69) is 10.9 Å². The summed E-state index contributed by atoms with van der Waals surface area (Å²) in [4.78, 5) is 38.5. The molecule has 10 heteroatoms. The largest absolute Gasteiger partial charge is 0.312 e. The van der Waals surface area contributed by atoms with Gasteiger partial charge >= 0.3 is 0 Å². The number of nitrogens with one attached hydrogen (secondary N) is 2. The molecule has 2 N–H and O–H groups in total. The van der Waals surface area contributed by atoms with E-state index in [1.165, 1.54) is 24.1 Å². The van der Waals surface area contributed by atoms with Crippen LogP contribution < -0.4 is 15.8 Å². The number of sulfonamides is 1. The molecule has 0 spiro atoms. The van der Waals surface area contributed by atoms with E-state index in [1.54, 1.807) is 12.1 Å². The molecule has 1 heterocycles. The lowest BCUT2D eigenvalue weighted by Crippen LogP contribution is -2.48. The molecule has 9 nitrogen and oxygen atoms in total. The van der Waals surface area contributed by atoms with E-state index in [4.69, 9.17) is 0 Å². The van der Waals surface area contributed by atoms with Crippen molar-refractivity contribution in [1.82, 2.24) is 15.2 Å². The van der Waals surface area contributed by atoms with Crippen molar-refractivity contribution >= 4 is 33.4 Å². The second-order valence-electron chi connectivity index (χ2n) is 7.85. The molecule has 1 aliphatic heterocycles. The van der Waals surface area contributed by atoms with Gasteiger partial charge in [0.15, 0.2) is 0 Å². The van der Waals surface area contributed by atoms with Crippen LogP contribution in [-0.4, -0.2) is 50.6 Å². The molecule has 0 saturated carbocycles. The monoisotopic (exact) mass is 458 g/mol. The smallest absolute Gasteiger partial charge is 0.253 e. The Hall–Kier alpha value is -3.24. The number of hydrogen-bond acceptors (Lipinski definition) is 5. The fourth-order valence-corrected chi connectivity index (χ4v) is 4.43. The van der Waals surface area contributed by atoms with Gasteiger partial charge in [0, 0.05) is 25.7 Å². The zero-order chi connectivity index (χ0) is 23.5. The Labute approximate surface area is 187 Å². The van der Waals surface area contributed by atoms with Gasteiger partial charge in [-0.2, -0.15) is 4.31 Å². The first-order valence-electron chi connectivity index (χ1n) is 10.1. The highest BCUT2D eigenvalue weighted by molar-refractivity contribution is 7.89. The number of likely N-dealkylation sites (N-methyl/N-ethyl adjacent to an activating group) is 1. The van der Waals surface area contributed by atoms with E-state index in [0.717, 1.165) is 15.4 Å². The van der Waals surface area contributed by atoms with Gasteiger partial charge in [0.05, 0.1) is 17.4 Å². The van der Waals surface area contributed by atoms with Crippen LogP contribution in [0.4, 0.5) is 5.69 Å². The van der Waals surface area contributed by atoms with Crippen LogP contribution in [0.1, 0.15) is 17.5 Å². The fraction of sp³-hybridized carbons (Fsp3) is 0.318. The molecular weight excluding hydrogens is 432 g/mol. The Morgan fingerprint density at radius 3 is 2.16 bits per heavy atom. The number of hydrazine groups is 1. The van der Waals surface area contributed by atoms with Crippen molar-refractivity contribution in [2.45, 2.75) is 25.2 Å². The van der Waals surface area contributed by atoms with Crippen molar-refractivity contribution in [3.8, 4) is 0 Å². The van der Waals surface area contributed by atoms with Crippen molar-refractivity contribution in [2.24, 2.45) is 5.92 Å². The Balaban J connectivity index is 1.52. The Morgan fingerprint density at radius 2 is 1.56 bits per heavy atom. The van der Waals surface area contributed by atoms with Gasteiger partial charge in [-0.3, -0.25) is 25.2 Å². The molecule has 1 aliphatic rings. The number of nitrogens with zero attached hydrogens (tertiary/aromatic N) is 2. The van der Waals surface area contributed by atoms with Gasteiger partial charge in [0.25, 0.3) is 5.91 Å². The molecule has 0 aliphatic carbocycles. The highest BCUT2D eigenvalue weighted by atomic mass is 32.2. The standard InChI is InChI=1S/C22H26N4O5S/c1-15-4-8-18(9-5-15)26-13-17(12-21(26)28)22(29)24-23-20(27)14-25(3)32(30,31)19-10-6-16(2)7-11-19/h4-11,17H,12-14H2,1-3H3,(H,23,27)(H,24,29)/t17-/m0/s1. The normalized spacial score (nSPS) is 16.3. The minimum Gasteiger partial charge on any atom is -0.312 e. The van der Waals surface area contributed by atoms with Crippen LogP contribution in [0.5, 0.6) is 0 Å². The van der Waals surface area contributed by atoms with E-state index in [0.29, 0.717) is 5.69 Å². The summed E-state index contributed by atoms with van der Waals surface area (Å²) in [6, 6.07) is 13.7. The molecule has 3 amide bonds. The van der Waals surface area contributed by atoms with Crippen LogP contribution in [-0.2, 0) is 24.4 Å². The zero-order valence-electron chi connectivity index (χ0n) is 18.2. The van der Waals surface area contributed by atoms with Crippen molar-refractivity contribution in [3.63, 3.8) is 0 Å². The first kappa shape index (κ1) is 23.4. The van der Waals surface area contributed by atoms with E-state index in [1.807, 2.05) is 38.1 Å². The molecule has 3 rings (SSSR count). The minimum absolute atomic E-state index is 0.0251. The molecule has 2 aromatic rings. The molecule has 0 aromatic heterocycles. The average molecular weight is 459 g/mol.